The average Bonchev–Trinajstić information content (AvgIpc) is 2.90. The van der Waals surface area contributed by atoms with E-state index >= 15 is 0 Å². The van der Waals surface area contributed by atoms with Gasteiger partial charge >= 0.3 is 16.1 Å². The summed E-state index contributed by atoms with van der Waals surface area (Å²) in [5.41, 5.74) is 3.28. The van der Waals surface area contributed by atoms with Gasteiger partial charge in [-0.1, -0.05) is 60.7 Å². The molecule has 0 aromatic heterocycles. The number of carbonyl (C=O) groups excluding carboxylic acids is 1. The van der Waals surface area contributed by atoms with Crippen molar-refractivity contribution in [2.24, 2.45) is 0 Å². The predicted molar refractivity (Wildman–Crippen MR) is 95.1 cm³/mol. The molecular formula is C20H12O5S. The fourth-order valence-electron chi connectivity index (χ4n) is 4.01. The molecule has 1 unspecified atom stereocenters. The fourth-order valence-corrected chi connectivity index (χ4v) is 5.12. The monoisotopic (exact) mass is 364 g/mol. The number of ether oxygens (including phenoxy) is 1. The normalized spacial score (nSPS) is 19.8. The molecular weight excluding hydrogens is 352 g/mol. The Bertz CT molecular complexity index is 1210. The molecule has 1 aliphatic heterocycles. The SMILES string of the molecule is O=C1OC2(S(=O)(=O)O)c3ccccc3-c3ccccc3-c3cccc1c32. The molecule has 0 amide bonds. The lowest BCUT2D eigenvalue weighted by atomic mass is 9.92. The van der Waals surface area contributed by atoms with E-state index in [0.717, 1.165) is 11.1 Å². The zero-order valence-corrected chi connectivity index (χ0v) is 14.2. The second kappa shape index (κ2) is 4.81. The van der Waals surface area contributed by atoms with Crippen molar-refractivity contribution in [3.05, 3.63) is 83.4 Å². The van der Waals surface area contributed by atoms with Crippen molar-refractivity contribution in [3.8, 4) is 22.3 Å². The number of esters is 1. The zero-order chi connectivity index (χ0) is 18.1. The number of benzene rings is 3. The minimum absolute atomic E-state index is 0.145. The third-order valence-corrected chi connectivity index (χ3v) is 6.24. The fraction of sp³-hybridized carbons (Fsp3) is 0.0500. The Balaban J connectivity index is 2.11. The van der Waals surface area contributed by atoms with E-state index in [1.165, 1.54) is 6.07 Å². The van der Waals surface area contributed by atoms with Crippen LogP contribution in [0.15, 0.2) is 66.7 Å². The predicted octanol–water partition coefficient (Wildman–Crippen LogP) is 3.59. The molecule has 1 heterocycles. The van der Waals surface area contributed by atoms with Gasteiger partial charge in [0.05, 0.1) is 5.56 Å². The number of hydrogen-bond donors (Lipinski definition) is 1. The van der Waals surface area contributed by atoms with Crippen LogP contribution < -0.4 is 0 Å². The minimum Gasteiger partial charge on any atom is -0.427 e. The van der Waals surface area contributed by atoms with Gasteiger partial charge < -0.3 is 4.74 Å². The van der Waals surface area contributed by atoms with E-state index in [9.17, 15) is 17.8 Å². The Labute approximate surface area is 149 Å². The molecule has 1 N–H and O–H groups in total. The van der Waals surface area contributed by atoms with E-state index < -0.39 is 21.0 Å². The molecule has 5 rings (SSSR count). The van der Waals surface area contributed by atoms with Gasteiger partial charge in [-0.15, -0.1) is 0 Å². The molecule has 1 aliphatic carbocycles. The lowest BCUT2D eigenvalue weighted by Gasteiger charge is -2.27. The van der Waals surface area contributed by atoms with E-state index in [-0.39, 0.29) is 16.7 Å². The van der Waals surface area contributed by atoms with Gasteiger partial charge in [-0.05, 0) is 28.3 Å². The van der Waals surface area contributed by atoms with Crippen LogP contribution in [-0.4, -0.2) is 18.9 Å². The quantitative estimate of drug-likeness (QED) is 0.527. The molecule has 26 heavy (non-hydrogen) atoms. The molecule has 1 atom stereocenters. The Morgan fingerprint density at radius 3 is 1.96 bits per heavy atom. The first-order valence-electron chi connectivity index (χ1n) is 7.98. The summed E-state index contributed by atoms with van der Waals surface area (Å²) in [6.45, 7) is 0. The Morgan fingerprint density at radius 1 is 0.731 bits per heavy atom. The second-order valence-corrected chi connectivity index (χ2v) is 7.83. The molecule has 128 valence electrons. The van der Waals surface area contributed by atoms with Crippen LogP contribution in [0.25, 0.3) is 22.3 Å². The minimum atomic E-state index is -4.83. The topological polar surface area (TPSA) is 80.7 Å². The van der Waals surface area contributed by atoms with Crippen LogP contribution in [0.2, 0.25) is 0 Å². The zero-order valence-electron chi connectivity index (χ0n) is 13.3. The third-order valence-electron chi connectivity index (χ3n) is 5.00. The van der Waals surface area contributed by atoms with E-state index in [1.807, 2.05) is 24.3 Å². The number of fused-ring (bicyclic) bond motifs is 5. The van der Waals surface area contributed by atoms with Crippen molar-refractivity contribution in [1.82, 2.24) is 0 Å². The Morgan fingerprint density at radius 2 is 1.27 bits per heavy atom. The first-order chi connectivity index (χ1) is 12.4. The molecule has 0 fully saturated rings. The van der Waals surface area contributed by atoms with Gasteiger partial charge in [-0.3, -0.25) is 4.55 Å². The molecule has 3 aromatic carbocycles. The molecule has 0 saturated carbocycles. The molecule has 0 bridgehead atoms. The van der Waals surface area contributed by atoms with E-state index in [4.69, 9.17) is 4.74 Å². The number of hydrogen-bond acceptors (Lipinski definition) is 4. The molecule has 0 spiro atoms. The van der Waals surface area contributed by atoms with Gasteiger partial charge in [0.2, 0.25) is 0 Å². The Hall–Kier alpha value is -2.96. The highest BCUT2D eigenvalue weighted by Gasteiger charge is 2.60. The Kier molecular flexibility index (Phi) is 2.83. The molecule has 0 saturated heterocycles. The lowest BCUT2D eigenvalue weighted by Crippen LogP contribution is -2.37. The maximum absolute atomic E-state index is 12.6. The highest BCUT2D eigenvalue weighted by atomic mass is 32.2. The van der Waals surface area contributed by atoms with Crippen LogP contribution in [0.1, 0.15) is 21.5 Å². The summed E-state index contributed by atoms with van der Waals surface area (Å²) in [7, 11) is -4.83. The summed E-state index contributed by atoms with van der Waals surface area (Å²) >= 11 is 0. The van der Waals surface area contributed by atoms with Crippen molar-refractivity contribution >= 4 is 16.1 Å². The van der Waals surface area contributed by atoms with Crippen LogP contribution in [0.5, 0.6) is 0 Å². The van der Waals surface area contributed by atoms with Crippen LogP contribution in [-0.2, 0) is 19.8 Å². The summed E-state index contributed by atoms with van der Waals surface area (Å²) in [4.78, 5) is 10.2. The average molecular weight is 364 g/mol. The molecule has 3 aromatic rings. The van der Waals surface area contributed by atoms with Gasteiger partial charge in [-0.25, -0.2) is 4.79 Å². The third kappa shape index (κ3) is 1.67. The largest absolute Gasteiger partial charge is 0.427 e. The van der Waals surface area contributed by atoms with E-state index in [0.29, 0.717) is 11.1 Å². The van der Waals surface area contributed by atoms with Crippen molar-refractivity contribution in [1.29, 1.82) is 0 Å². The summed E-state index contributed by atoms with van der Waals surface area (Å²) in [5, 5.41) is 0. The first kappa shape index (κ1) is 15.3. The molecule has 5 nitrogen and oxygen atoms in total. The number of rotatable bonds is 1. The first-order valence-corrected chi connectivity index (χ1v) is 9.42. The smallest absolute Gasteiger partial charge is 0.340 e. The summed E-state index contributed by atoms with van der Waals surface area (Å²) < 4.78 is 40.9. The van der Waals surface area contributed by atoms with Crippen molar-refractivity contribution in [2.45, 2.75) is 4.93 Å². The van der Waals surface area contributed by atoms with Crippen LogP contribution in [0.4, 0.5) is 0 Å². The maximum Gasteiger partial charge on any atom is 0.340 e. The lowest BCUT2D eigenvalue weighted by molar-refractivity contribution is 0.0340. The molecule has 0 radical (unpaired) electrons. The maximum atomic E-state index is 12.6. The summed E-state index contributed by atoms with van der Waals surface area (Å²) in [6.07, 6.45) is 0. The highest BCUT2D eigenvalue weighted by Crippen LogP contribution is 2.55. The van der Waals surface area contributed by atoms with Gasteiger partial charge in [0.15, 0.2) is 0 Å². The van der Waals surface area contributed by atoms with Gasteiger partial charge in [0.1, 0.15) is 0 Å². The van der Waals surface area contributed by atoms with Crippen LogP contribution in [0, 0.1) is 0 Å². The molecule has 2 aliphatic rings. The summed E-state index contributed by atoms with van der Waals surface area (Å²) in [6, 6.07) is 19.2. The summed E-state index contributed by atoms with van der Waals surface area (Å²) in [5.74, 6) is -0.770. The van der Waals surface area contributed by atoms with Crippen molar-refractivity contribution in [3.63, 3.8) is 0 Å². The van der Waals surface area contributed by atoms with Crippen LogP contribution in [0.3, 0.4) is 0 Å². The van der Waals surface area contributed by atoms with Crippen molar-refractivity contribution in [2.75, 3.05) is 0 Å². The van der Waals surface area contributed by atoms with Crippen LogP contribution >= 0.6 is 0 Å². The van der Waals surface area contributed by atoms with E-state index in [1.54, 1.807) is 36.4 Å². The number of carbonyl (C=O) groups is 1. The second-order valence-electron chi connectivity index (χ2n) is 6.30. The van der Waals surface area contributed by atoms with Gasteiger partial charge in [0.25, 0.3) is 4.93 Å². The highest BCUT2D eigenvalue weighted by molar-refractivity contribution is 7.87. The molecule has 6 heteroatoms. The van der Waals surface area contributed by atoms with E-state index in [2.05, 4.69) is 0 Å². The van der Waals surface area contributed by atoms with Crippen molar-refractivity contribution < 1.29 is 22.5 Å². The van der Waals surface area contributed by atoms with Gasteiger partial charge in [-0.2, -0.15) is 8.42 Å². The standard InChI is InChI=1S/C20H12O5S/c21-19-16-10-5-9-15-13-7-2-1-6-12(13)14-8-3-4-11-17(14)20(25-19,18(15)16)26(22,23)24/h1-11H,(H,22,23,24). The van der Waals surface area contributed by atoms with Gasteiger partial charge in [0, 0.05) is 11.1 Å².